The Kier molecular flexibility index (Phi) is 5.44. The molecule has 0 bridgehead atoms. The molecule has 2 heterocycles. The Hall–Kier alpha value is -3.38. The second kappa shape index (κ2) is 8.32. The number of amides is 1. The first-order chi connectivity index (χ1) is 14.1. The second-order valence-electron chi connectivity index (χ2n) is 6.67. The van der Waals surface area contributed by atoms with Crippen LogP contribution in [-0.2, 0) is 4.79 Å². The molecule has 1 unspecified atom stereocenters. The van der Waals surface area contributed by atoms with Crippen LogP contribution < -0.4 is 15.7 Å². The van der Waals surface area contributed by atoms with E-state index in [0.29, 0.717) is 11.3 Å². The average molecular weight is 405 g/mol. The lowest BCUT2D eigenvalue weighted by atomic mass is 10.0. The summed E-state index contributed by atoms with van der Waals surface area (Å²) < 4.78 is 10.8. The number of benzene rings is 2. The number of aryl methyl sites for hydroxylation is 1. The molecule has 1 amide bonds. The lowest BCUT2D eigenvalue weighted by Crippen LogP contribution is -2.32. The average Bonchev–Trinajstić information content (AvgIpc) is 3.25. The summed E-state index contributed by atoms with van der Waals surface area (Å²) in [5.41, 5.74) is 2.17. The van der Waals surface area contributed by atoms with E-state index in [4.69, 9.17) is 9.15 Å². The summed E-state index contributed by atoms with van der Waals surface area (Å²) in [6.45, 7) is 1.89. The lowest BCUT2D eigenvalue weighted by Gasteiger charge is -2.18. The molecule has 4 aromatic rings. The third-order valence-electron chi connectivity index (χ3n) is 4.51. The first-order valence-corrected chi connectivity index (χ1v) is 10.0. The van der Waals surface area contributed by atoms with Gasteiger partial charge < -0.3 is 14.5 Å². The first kappa shape index (κ1) is 19.0. The number of carbonyl (C=O) groups excluding carboxylic acids is 1. The van der Waals surface area contributed by atoms with Gasteiger partial charge in [0.05, 0.1) is 6.04 Å². The highest BCUT2D eigenvalue weighted by Crippen LogP contribution is 2.26. The van der Waals surface area contributed by atoms with Gasteiger partial charge >= 0.3 is 5.63 Å². The molecule has 4 rings (SSSR count). The molecule has 5 nitrogen and oxygen atoms in total. The van der Waals surface area contributed by atoms with E-state index in [9.17, 15) is 9.59 Å². The number of rotatable bonds is 6. The smallest absolute Gasteiger partial charge is 0.336 e. The van der Waals surface area contributed by atoms with E-state index < -0.39 is 5.63 Å². The molecule has 0 saturated carbocycles. The number of carbonyl (C=O) groups is 1. The Morgan fingerprint density at radius 1 is 1.10 bits per heavy atom. The van der Waals surface area contributed by atoms with E-state index in [1.54, 1.807) is 35.6 Å². The molecule has 0 aliphatic carbocycles. The zero-order valence-corrected chi connectivity index (χ0v) is 16.6. The molecule has 0 fully saturated rings. The minimum absolute atomic E-state index is 0.143. The summed E-state index contributed by atoms with van der Waals surface area (Å²) in [7, 11) is 0. The first-order valence-electron chi connectivity index (χ1n) is 9.14. The number of fused-ring (bicyclic) bond motifs is 1. The van der Waals surface area contributed by atoms with Crippen molar-refractivity contribution in [3.63, 3.8) is 0 Å². The normalized spacial score (nSPS) is 11.9. The van der Waals surface area contributed by atoms with Crippen molar-refractivity contribution in [3.8, 4) is 5.75 Å². The quantitative estimate of drug-likeness (QED) is 0.481. The SMILES string of the molecule is Cc1ccc(C(NC(=O)COc2ccc3ccc(=O)oc3c2)c2cccs2)cc1. The Morgan fingerprint density at radius 2 is 1.90 bits per heavy atom. The van der Waals surface area contributed by atoms with Crippen LogP contribution in [0.3, 0.4) is 0 Å². The molecule has 2 aromatic heterocycles. The van der Waals surface area contributed by atoms with Gasteiger partial charge in [-0.3, -0.25) is 4.79 Å². The van der Waals surface area contributed by atoms with Crippen LogP contribution in [-0.4, -0.2) is 12.5 Å². The van der Waals surface area contributed by atoms with Crippen molar-refractivity contribution in [1.82, 2.24) is 5.32 Å². The maximum atomic E-state index is 12.6. The summed E-state index contributed by atoms with van der Waals surface area (Å²) in [6, 6.07) is 20.0. The molecular weight excluding hydrogens is 386 g/mol. The van der Waals surface area contributed by atoms with Crippen molar-refractivity contribution < 1.29 is 13.9 Å². The highest BCUT2D eigenvalue weighted by molar-refractivity contribution is 7.10. The lowest BCUT2D eigenvalue weighted by molar-refractivity contribution is -0.123. The van der Waals surface area contributed by atoms with Crippen LogP contribution in [0, 0.1) is 6.92 Å². The maximum absolute atomic E-state index is 12.6. The van der Waals surface area contributed by atoms with Crippen LogP contribution in [0.4, 0.5) is 0 Å². The molecule has 1 atom stereocenters. The van der Waals surface area contributed by atoms with Gasteiger partial charge in [-0.1, -0.05) is 35.9 Å². The van der Waals surface area contributed by atoms with Gasteiger partial charge in [0.1, 0.15) is 11.3 Å². The summed E-state index contributed by atoms with van der Waals surface area (Å²) in [4.78, 5) is 25.0. The van der Waals surface area contributed by atoms with Gasteiger partial charge in [-0.25, -0.2) is 4.79 Å². The van der Waals surface area contributed by atoms with Gasteiger partial charge in [0, 0.05) is 22.4 Å². The van der Waals surface area contributed by atoms with Crippen molar-refractivity contribution in [2.75, 3.05) is 6.61 Å². The molecule has 2 aromatic carbocycles. The Labute approximate surface area is 171 Å². The van der Waals surface area contributed by atoms with E-state index in [1.165, 1.54) is 6.07 Å². The fourth-order valence-electron chi connectivity index (χ4n) is 3.02. The summed E-state index contributed by atoms with van der Waals surface area (Å²) in [6.07, 6.45) is 0. The molecule has 0 radical (unpaired) electrons. The van der Waals surface area contributed by atoms with Gasteiger partial charge in [0.15, 0.2) is 6.61 Å². The summed E-state index contributed by atoms with van der Waals surface area (Å²) in [5.74, 6) is 0.226. The predicted molar refractivity (Wildman–Crippen MR) is 113 cm³/mol. The Morgan fingerprint density at radius 3 is 2.66 bits per heavy atom. The van der Waals surface area contributed by atoms with Crippen molar-refractivity contribution in [1.29, 1.82) is 0 Å². The van der Waals surface area contributed by atoms with Gasteiger partial charge in [-0.15, -0.1) is 11.3 Å². The molecule has 1 N–H and O–H groups in total. The van der Waals surface area contributed by atoms with E-state index in [0.717, 1.165) is 21.4 Å². The minimum Gasteiger partial charge on any atom is -0.484 e. The number of nitrogens with one attached hydrogen (secondary N) is 1. The Balaban J connectivity index is 1.47. The van der Waals surface area contributed by atoms with Gasteiger partial charge in [0.2, 0.25) is 0 Å². The van der Waals surface area contributed by atoms with E-state index in [2.05, 4.69) is 5.32 Å². The second-order valence-corrected chi connectivity index (χ2v) is 7.65. The summed E-state index contributed by atoms with van der Waals surface area (Å²) >= 11 is 1.59. The molecule has 6 heteroatoms. The van der Waals surface area contributed by atoms with Gasteiger partial charge in [0.25, 0.3) is 5.91 Å². The number of hydrogen-bond acceptors (Lipinski definition) is 5. The van der Waals surface area contributed by atoms with Crippen molar-refractivity contribution in [2.24, 2.45) is 0 Å². The molecule has 0 spiro atoms. The van der Waals surface area contributed by atoms with Crippen LogP contribution >= 0.6 is 11.3 Å². The molecular formula is C23H19NO4S. The van der Waals surface area contributed by atoms with E-state index in [1.807, 2.05) is 48.7 Å². The molecule has 0 saturated heterocycles. The standard InChI is InChI=1S/C23H19NO4S/c1-15-4-6-17(7-5-15)23(20-3-2-12-29-20)24-21(25)14-27-18-10-8-16-9-11-22(26)28-19(16)13-18/h2-13,23H,14H2,1H3,(H,24,25). The molecule has 146 valence electrons. The van der Waals surface area contributed by atoms with Crippen molar-refractivity contribution >= 4 is 28.2 Å². The third kappa shape index (κ3) is 4.55. The monoisotopic (exact) mass is 405 g/mol. The maximum Gasteiger partial charge on any atom is 0.336 e. The van der Waals surface area contributed by atoms with Crippen molar-refractivity contribution in [2.45, 2.75) is 13.0 Å². The van der Waals surface area contributed by atoms with Crippen LogP contribution in [0.5, 0.6) is 5.75 Å². The molecule has 29 heavy (non-hydrogen) atoms. The minimum atomic E-state index is -0.427. The van der Waals surface area contributed by atoms with E-state index >= 15 is 0 Å². The van der Waals surface area contributed by atoms with E-state index in [-0.39, 0.29) is 18.6 Å². The van der Waals surface area contributed by atoms with Crippen LogP contribution in [0.15, 0.2) is 81.3 Å². The number of thiophene rings is 1. The van der Waals surface area contributed by atoms with Crippen LogP contribution in [0.1, 0.15) is 22.0 Å². The van der Waals surface area contributed by atoms with Crippen LogP contribution in [0.25, 0.3) is 11.0 Å². The van der Waals surface area contributed by atoms with Gasteiger partial charge in [-0.05, 0) is 42.1 Å². The molecule has 0 aliphatic rings. The topological polar surface area (TPSA) is 68.5 Å². The third-order valence-corrected chi connectivity index (χ3v) is 5.45. The highest BCUT2D eigenvalue weighted by Gasteiger charge is 2.18. The Bertz CT molecular complexity index is 1180. The van der Waals surface area contributed by atoms with Crippen molar-refractivity contribution in [3.05, 3.63) is 98.5 Å². The predicted octanol–water partition coefficient (Wildman–Crippen LogP) is 4.45. The highest BCUT2D eigenvalue weighted by atomic mass is 32.1. The fourth-order valence-corrected chi connectivity index (χ4v) is 3.82. The zero-order valence-electron chi connectivity index (χ0n) is 15.8. The zero-order chi connectivity index (χ0) is 20.2. The largest absolute Gasteiger partial charge is 0.484 e. The molecule has 0 aliphatic heterocycles. The van der Waals surface area contributed by atoms with Crippen LogP contribution in [0.2, 0.25) is 0 Å². The van der Waals surface area contributed by atoms with Gasteiger partial charge in [-0.2, -0.15) is 0 Å². The number of hydrogen-bond donors (Lipinski definition) is 1. The fraction of sp³-hybridized carbons (Fsp3) is 0.130. The number of ether oxygens (including phenoxy) is 1. The summed E-state index contributed by atoms with van der Waals surface area (Å²) in [5, 5.41) is 5.82.